The Morgan fingerprint density at radius 3 is 2.33 bits per heavy atom. The van der Waals surface area contributed by atoms with Crippen molar-refractivity contribution >= 4 is 50.7 Å². The highest BCUT2D eigenvalue weighted by atomic mass is 35.5. The summed E-state index contributed by atoms with van der Waals surface area (Å²) >= 11 is 12.2. The molecule has 0 saturated carbocycles. The first kappa shape index (κ1) is 29.9. The van der Waals surface area contributed by atoms with Crippen molar-refractivity contribution in [3.63, 3.8) is 0 Å². The number of anilines is 1. The van der Waals surface area contributed by atoms with E-state index in [4.69, 9.17) is 23.2 Å². The highest BCUT2D eigenvalue weighted by molar-refractivity contribution is 7.92. The minimum Gasteiger partial charge on any atom is -0.355 e. The molecule has 7 nitrogen and oxygen atoms in total. The molecule has 0 aliphatic rings. The van der Waals surface area contributed by atoms with E-state index in [2.05, 4.69) is 5.32 Å². The Kier molecular flexibility index (Phi) is 11.1. The zero-order chi connectivity index (χ0) is 27.0. The van der Waals surface area contributed by atoms with Gasteiger partial charge in [-0.05, 0) is 68.5 Å². The van der Waals surface area contributed by atoms with E-state index in [1.165, 1.54) is 9.21 Å². The lowest BCUT2D eigenvalue weighted by molar-refractivity contribution is -0.141. The van der Waals surface area contributed by atoms with Crippen molar-refractivity contribution in [3.8, 4) is 0 Å². The number of nitrogens with one attached hydrogen (secondary N) is 1. The maximum absolute atomic E-state index is 13.4. The Labute approximate surface area is 224 Å². The number of hydrogen-bond donors (Lipinski definition) is 1. The maximum atomic E-state index is 13.4. The molecule has 2 aromatic carbocycles. The number of aryl methyl sites for hydroxylation is 1. The van der Waals surface area contributed by atoms with Crippen molar-refractivity contribution in [1.82, 2.24) is 10.2 Å². The number of likely N-dealkylation sites (N-methyl/N-ethyl adjacent to an activating group) is 1. The molecule has 2 rings (SSSR count). The van der Waals surface area contributed by atoms with E-state index in [-0.39, 0.29) is 31.3 Å². The Bertz CT molecular complexity index is 1190. The predicted molar refractivity (Wildman–Crippen MR) is 147 cm³/mol. The number of amides is 2. The van der Waals surface area contributed by atoms with Gasteiger partial charge in [0.25, 0.3) is 0 Å². The van der Waals surface area contributed by atoms with Gasteiger partial charge in [-0.15, -0.1) is 0 Å². The van der Waals surface area contributed by atoms with Crippen molar-refractivity contribution in [2.24, 2.45) is 0 Å². The van der Waals surface area contributed by atoms with Crippen LogP contribution in [0, 0.1) is 13.8 Å². The molecule has 1 N–H and O–H groups in total. The van der Waals surface area contributed by atoms with Crippen LogP contribution in [-0.4, -0.2) is 50.5 Å². The summed E-state index contributed by atoms with van der Waals surface area (Å²) in [6.07, 6.45) is 1.96. The molecule has 0 aliphatic heterocycles. The van der Waals surface area contributed by atoms with Crippen molar-refractivity contribution in [1.29, 1.82) is 0 Å². The molecule has 198 valence electrons. The molecule has 36 heavy (non-hydrogen) atoms. The van der Waals surface area contributed by atoms with Gasteiger partial charge in [0.15, 0.2) is 0 Å². The number of sulfonamides is 1. The van der Waals surface area contributed by atoms with Crippen molar-refractivity contribution in [2.45, 2.75) is 59.5 Å². The van der Waals surface area contributed by atoms with Crippen LogP contribution in [0.3, 0.4) is 0 Å². The molecule has 2 amide bonds. The smallest absolute Gasteiger partial charge is 0.242 e. The zero-order valence-electron chi connectivity index (χ0n) is 21.5. The van der Waals surface area contributed by atoms with Crippen LogP contribution in [0.5, 0.6) is 0 Å². The fraction of sp³-hybridized carbons (Fsp3) is 0.462. The lowest BCUT2D eigenvalue weighted by Crippen LogP contribution is -2.49. The molecule has 0 bridgehead atoms. The molecule has 0 fully saturated rings. The van der Waals surface area contributed by atoms with E-state index in [0.29, 0.717) is 35.1 Å². The van der Waals surface area contributed by atoms with Gasteiger partial charge in [0.1, 0.15) is 6.04 Å². The molecule has 0 unspecified atom stereocenters. The number of nitrogens with zero attached hydrogens (tertiary/aromatic N) is 2. The van der Waals surface area contributed by atoms with Gasteiger partial charge < -0.3 is 10.2 Å². The zero-order valence-corrected chi connectivity index (χ0v) is 23.8. The van der Waals surface area contributed by atoms with E-state index >= 15 is 0 Å². The third kappa shape index (κ3) is 7.85. The second-order valence-electron chi connectivity index (χ2n) is 8.75. The molecule has 2 aromatic rings. The minimum absolute atomic E-state index is 0.0775. The highest BCUT2D eigenvalue weighted by Gasteiger charge is 2.29. The Morgan fingerprint density at radius 2 is 1.75 bits per heavy atom. The van der Waals surface area contributed by atoms with E-state index in [1.54, 1.807) is 24.3 Å². The van der Waals surface area contributed by atoms with Gasteiger partial charge in [0.05, 0.1) is 22.0 Å². The van der Waals surface area contributed by atoms with Crippen LogP contribution in [0.2, 0.25) is 10.0 Å². The molecule has 0 heterocycles. The third-order valence-corrected chi connectivity index (χ3v) is 7.99. The highest BCUT2D eigenvalue weighted by Crippen LogP contribution is 2.26. The molecule has 0 aromatic heterocycles. The van der Waals surface area contributed by atoms with Gasteiger partial charge in [-0.25, -0.2) is 8.42 Å². The topological polar surface area (TPSA) is 86.8 Å². The van der Waals surface area contributed by atoms with Crippen LogP contribution in [0.1, 0.15) is 49.8 Å². The largest absolute Gasteiger partial charge is 0.355 e. The summed E-state index contributed by atoms with van der Waals surface area (Å²) in [5.41, 5.74) is 3.20. The fourth-order valence-corrected chi connectivity index (χ4v) is 5.37. The number of halogens is 2. The summed E-state index contributed by atoms with van der Waals surface area (Å²) in [5, 5.41) is 3.57. The van der Waals surface area contributed by atoms with Crippen molar-refractivity contribution in [2.75, 3.05) is 23.7 Å². The molecule has 0 spiro atoms. The van der Waals surface area contributed by atoms with Crippen LogP contribution in [-0.2, 0) is 26.2 Å². The number of rotatable bonds is 12. The first-order valence-electron chi connectivity index (χ1n) is 12.0. The standard InChI is InChI=1S/C26H35Cl2N3O4S/c1-6-23(26(33)29-7-2)30(17-20-13-14-21(27)22(28)16-20)25(32)12-9-15-31(36(5,34)35)24-11-8-10-18(3)19(24)4/h8,10-11,13-14,16,23H,6-7,9,12,15,17H2,1-5H3,(H,29,33)/t23-/m0/s1. The van der Waals surface area contributed by atoms with Crippen LogP contribution in [0.25, 0.3) is 0 Å². The molecular formula is C26H35Cl2N3O4S. The molecular weight excluding hydrogens is 521 g/mol. The van der Waals surface area contributed by atoms with Gasteiger partial charge >= 0.3 is 0 Å². The van der Waals surface area contributed by atoms with Gasteiger partial charge in [-0.3, -0.25) is 13.9 Å². The van der Waals surface area contributed by atoms with Crippen molar-refractivity contribution < 1.29 is 18.0 Å². The Balaban J connectivity index is 2.26. The number of carbonyl (C=O) groups is 2. The van der Waals surface area contributed by atoms with Gasteiger partial charge in [0.2, 0.25) is 21.8 Å². The van der Waals surface area contributed by atoms with Crippen LogP contribution in [0.15, 0.2) is 36.4 Å². The van der Waals surface area contributed by atoms with Gasteiger partial charge in [-0.1, -0.05) is 48.3 Å². The average Bonchev–Trinajstić information content (AvgIpc) is 2.80. The summed E-state index contributed by atoms with van der Waals surface area (Å²) < 4.78 is 26.5. The molecule has 0 radical (unpaired) electrons. The summed E-state index contributed by atoms with van der Waals surface area (Å²) in [5.74, 6) is -0.477. The minimum atomic E-state index is -3.56. The number of carbonyl (C=O) groups excluding carboxylic acids is 2. The summed E-state index contributed by atoms with van der Waals surface area (Å²) in [7, 11) is -3.56. The summed E-state index contributed by atoms with van der Waals surface area (Å²) in [6, 6.07) is 9.95. The molecule has 10 heteroatoms. The lowest BCUT2D eigenvalue weighted by atomic mass is 10.1. The molecule has 1 atom stereocenters. The van der Waals surface area contributed by atoms with E-state index < -0.39 is 16.1 Å². The third-order valence-electron chi connectivity index (χ3n) is 6.07. The second-order valence-corrected chi connectivity index (χ2v) is 11.5. The lowest BCUT2D eigenvalue weighted by Gasteiger charge is -2.31. The summed E-state index contributed by atoms with van der Waals surface area (Å²) in [4.78, 5) is 27.7. The van der Waals surface area contributed by atoms with Crippen LogP contribution in [0.4, 0.5) is 5.69 Å². The van der Waals surface area contributed by atoms with Gasteiger partial charge in [-0.2, -0.15) is 0 Å². The molecule has 0 aliphatic carbocycles. The Morgan fingerprint density at radius 1 is 1.06 bits per heavy atom. The van der Waals surface area contributed by atoms with E-state index in [9.17, 15) is 18.0 Å². The second kappa shape index (κ2) is 13.3. The van der Waals surface area contributed by atoms with E-state index in [1.807, 2.05) is 39.8 Å². The maximum Gasteiger partial charge on any atom is 0.242 e. The first-order valence-corrected chi connectivity index (χ1v) is 14.6. The summed E-state index contributed by atoms with van der Waals surface area (Å²) in [6.45, 7) is 8.25. The fourth-order valence-electron chi connectivity index (χ4n) is 4.03. The van der Waals surface area contributed by atoms with Crippen LogP contribution < -0.4 is 9.62 Å². The Hall–Kier alpha value is -2.29. The first-order chi connectivity index (χ1) is 16.9. The van der Waals surface area contributed by atoms with Crippen molar-refractivity contribution in [3.05, 3.63) is 63.1 Å². The monoisotopic (exact) mass is 555 g/mol. The number of hydrogen-bond acceptors (Lipinski definition) is 4. The predicted octanol–water partition coefficient (Wildman–Crippen LogP) is 5.10. The van der Waals surface area contributed by atoms with Crippen LogP contribution >= 0.6 is 23.2 Å². The van der Waals surface area contributed by atoms with E-state index in [0.717, 1.165) is 22.9 Å². The normalized spacial score (nSPS) is 12.2. The quantitative estimate of drug-likeness (QED) is 0.394. The van der Waals surface area contributed by atoms with Gasteiger partial charge in [0, 0.05) is 26.1 Å². The average molecular weight is 557 g/mol. The SMILES string of the molecule is CCNC(=O)[C@H](CC)N(Cc1ccc(Cl)c(Cl)c1)C(=O)CCCN(c1cccc(C)c1C)S(C)(=O)=O. The number of benzene rings is 2. The molecule has 0 saturated heterocycles.